The Morgan fingerprint density at radius 1 is 1.06 bits per heavy atom. The lowest BCUT2D eigenvalue weighted by atomic mass is 9.81. The monoisotopic (exact) mass is 485 g/mol. The van der Waals surface area contributed by atoms with Crippen molar-refractivity contribution in [3.8, 4) is 0 Å². The quantitative estimate of drug-likeness (QED) is 0.336. The lowest BCUT2D eigenvalue weighted by Crippen LogP contribution is -2.50. The summed E-state index contributed by atoms with van der Waals surface area (Å²) < 4.78 is 5.48. The minimum Gasteiger partial charge on any atom is -0.444 e. The molecule has 1 amide bonds. The first-order valence-electron chi connectivity index (χ1n) is 12.5. The molecule has 0 spiro atoms. The zero-order valence-electron chi connectivity index (χ0n) is 21.8. The zero-order valence-corrected chi connectivity index (χ0v) is 21.8. The van der Waals surface area contributed by atoms with Crippen LogP contribution in [0.1, 0.15) is 78.6 Å². The number of ether oxygens (including phenoxy) is 1. The minimum absolute atomic E-state index is 0.0241. The van der Waals surface area contributed by atoms with Crippen LogP contribution >= 0.6 is 0 Å². The van der Waals surface area contributed by atoms with Crippen molar-refractivity contribution in [2.45, 2.75) is 64.5 Å². The number of carbonyl (C=O) groups excluding carboxylic acids is 1. The third-order valence-electron chi connectivity index (χ3n) is 6.80. The summed E-state index contributed by atoms with van der Waals surface area (Å²) in [6, 6.07) is 20.3. The molecule has 36 heavy (non-hydrogen) atoms. The number of benzene rings is 2. The first-order chi connectivity index (χ1) is 17.1. The average molecular weight is 486 g/mol. The summed E-state index contributed by atoms with van der Waals surface area (Å²) in [4.78, 5) is 30.2. The van der Waals surface area contributed by atoms with Gasteiger partial charge in [0.05, 0.1) is 0 Å². The fourth-order valence-corrected chi connectivity index (χ4v) is 4.82. The molecule has 1 aromatic heterocycles. The second kappa shape index (κ2) is 10.6. The zero-order chi connectivity index (χ0) is 25.9. The number of rotatable bonds is 7. The number of hydrogen-bond acceptors (Lipinski definition) is 5. The molecule has 1 saturated heterocycles. The number of aromatic nitrogens is 1. The van der Waals surface area contributed by atoms with Crippen LogP contribution in [-0.2, 0) is 4.74 Å². The first kappa shape index (κ1) is 25.5. The van der Waals surface area contributed by atoms with Crippen LogP contribution in [0.4, 0.5) is 4.79 Å². The second-order valence-electron chi connectivity index (χ2n) is 10.7. The Morgan fingerprint density at radius 3 is 2.36 bits per heavy atom. The molecule has 188 valence electrons. The SMILES string of the molecule is Cc1cc(C(C[C@H](c2ccc(C3CN(C(=O)OC(C)(C)C)C3)cc2)c2ccccc2C)N=O)ccn1. The highest BCUT2D eigenvalue weighted by atomic mass is 16.6. The van der Waals surface area contributed by atoms with Gasteiger partial charge < -0.3 is 9.64 Å². The average Bonchev–Trinajstić information content (AvgIpc) is 2.79. The van der Waals surface area contributed by atoms with Gasteiger partial charge in [-0.25, -0.2) is 4.79 Å². The van der Waals surface area contributed by atoms with E-state index in [-0.39, 0.29) is 12.0 Å². The van der Waals surface area contributed by atoms with Crippen LogP contribution in [0.25, 0.3) is 0 Å². The topological polar surface area (TPSA) is 71.9 Å². The molecule has 2 atom stereocenters. The maximum atomic E-state index is 12.3. The van der Waals surface area contributed by atoms with E-state index in [1.54, 1.807) is 11.1 Å². The molecule has 0 N–H and O–H groups in total. The minimum atomic E-state index is -0.488. The molecule has 1 aliphatic rings. The normalized spacial score (nSPS) is 15.6. The Labute approximate surface area is 213 Å². The Morgan fingerprint density at radius 2 is 1.75 bits per heavy atom. The standard InChI is InChI=1S/C30H35N3O3/c1-20-8-6-7-9-26(20)27(17-28(32-35)24-14-15-31-21(2)16-24)23-12-10-22(11-13-23)25-18-33(19-25)29(34)36-30(3,4)5/h6-16,25,27-28H,17-19H2,1-5H3/t27-,28?/m1/s1. The van der Waals surface area contributed by atoms with Gasteiger partial charge in [-0.15, -0.1) is 0 Å². The second-order valence-corrected chi connectivity index (χ2v) is 10.7. The summed E-state index contributed by atoms with van der Waals surface area (Å²) in [5.41, 5.74) is 6.02. The van der Waals surface area contributed by atoms with Gasteiger partial charge in [0.1, 0.15) is 11.6 Å². The van der Waals surface area contributed by atoms with Crippen molar-refractivity contribution in [2.75, 3.05) is 13.1 Å². The van der Waals surface area contributed by atoms with Crippen LogP contribution in [0.5, 0.6) is 0 Å². The van der Waals surface area contributed by atoms with Gasteiger partial charge >= 0.3 is 6.09 Å². The third kappa shape index (κ3) is 5.99. The molecule has 1 fully saturated rings. The summed E-state index contributed by atoms with van der Waals surface area (Å²) in [5.74, 6) is 0.323. The molecule has 2 aromatic carbocycles. The smallest absolute Gasteiger partial charge is 0.410 e. The maximum Gasteiger partial charge on any atom is 0.410 e. The molecule has 3 aromatic rings. The number of amides is 1. The van der Waals surface area contributed by atoms with E-state index in [1.165, 1.54) is 16.7 Å². The summed E-state index contributed by atoms with van der Waals surface area (Å²) in [5, 5.41) is 3.51. The lowest BCUT2D eigenvalue weighted by Gasteiger charge is -2.40. The fourth-order valence-electron chi connectivity index (χ4n) is 4.82. The molecular weight excluding hydrogens is 450 g/mol. The maximum absolute atomic E-state index is 12.3. The molecule has 1 aliphatic heterocycles. The molecule has 0 saturated carbocycles. The number of likely N-dealkylation sites (tertiary alicyclic amines) is 1. The van der Waals surface area contributed by atoms with Gasteiger partial charge in [0, 0.05) is 36.8 Å². The number of pyridine rings is 1. The van der Waals surface area contributed by atoms with Crippen LogP contribution < -0.4 is 0 Å². The van der Waals surface area contributed by atoms with E-state index >= 15 is 0 Å². The van der Waals surface area contributed by atoms with Crippen LogP contribution in [0.3, 0.4) is 0 Å². The molecule has 0 bridgehead atoms. The Bertz CT molecular complexity index is 1210. The van der Waals surface area contributed by atoms with E-state index in [0.717, 1.165) is 16.8 Å². The van der Waals surface area contributed by atoms with Crippen molar-refractivity contribution < 1.29 is 9.53 Å². The van der Waals surface area contributed by atoms with E-state index in [0.29, 0.717) is 25.4 Å². The van der Waals surface area contributed by atoms with Crippen molar-refractivity contribution in [3.63, 3.8) is 0 Å². The van der Waals surface area contributed by atoms with E-state index in [4.69, 9.17) is 4.74 Å². The highest BCUT2D eigenvalue weighted by Crippen LogP contribution is 2.38. The molecule has 2 heterocycles. The molecule has 0 radical (unpaired) electrons. The van der Waals surface area contributed by atoms with Crippen molar-refractivity contribution >= 4 is 6.09 Å². The summed E-state index contributed by atoms with van der Waals surface area (Å²) in [6.07, 6.45) is 2.06. The number of nitrogens with zero attached hydrogens (tertiary/aromatic N) is 3. The fraction of sp³-hybridized carbons (Fsp3) is 0.400. The predicted octanol–water partition coefficient (Wildman–Crippen LogP) is 7.06. The molecule has 4 rings (SSSR count). The largest absolute Gasteiger partial charge is 0.444 e. The van der Waals surface area contributed by atoms with Crippen LogP contribution in [0.15, 0.2) is 72.0 Å². The van der Waals surface area contributed by atoms with Gasteiger partial charge in [0.15, 0.2) is 0 Å². The van der Waals surface area contributed by atoms with Crippen LogP contribution in [0, 0.1) is 18.8 Å². The summed E-state index contributed by atoms with van der Waals surface area (Å²) in [7, 11) is 0. The summed E-state index contributed by atoms with van der Waals surface area (Å²) in [6.45, 7) is 11.0. The third-order valence-corrected chi connectivity index (χ3v) is 6.80. The highest BCUT2D eigenvalue weighted by Gasteiger charge is 2.34. The number of hydrogen-bond donors (Lipinski definition) is 0. The molecular formula is C30H35N3O3. The van der Waals surface area contributed by atoms with Crippen molar-refractivity contribution in [1.29, 1.82) is 0 Å². The van der Waals surface area contributed by atoms with Crippen molar-refractivity contribution in [3.05, 3.63) is 105 Å². The van der Waals surface area contributed by atoms with Gasteiger partial charge in [-0.3, -0.25) is 4.98 Å². The first-order valence-corrected chi connectivity index (χ1v) is 12.5. The van der Waals surface area contributed by atoms with E-state index in [2.05, 4.69) is 53.5 Å². The molecule has 6 nitrogen and oxygen atoms in total. The van der Waals surface area contributed by atoms with Crippen molar-refractivity contribution in [1.82, 2.24) is 9.88 Å². The van der Waals surface area contributed by atoms with Crippen LogP contribution in [0.2, 0.25) is 0 Å². The van der Waals surface area contributed by atoms with Crippen LogP contribution in [-0.4, -0.2) is 34.7 Å². The Hall–Kier alpha value is -3.54. The van der Waals surface area contributed by atoms with Gasteiger partial charge in [0.2, 0.25) is 0 Å². The highest BCUT2D eigenvalue weighted by molar-refractivity contribution is 5.69. The van der Waals surface area contributed by atoms with Gasteiger partial charge in [-0.2, -0.15) is 4.91 Å². The molecule has 0 aliphatic carbocycles. The Kier molecular flexibility index (Phi) is 7.53. The van der Waals surface area contributed by atoms with Gasteiger partial charge in [-0.1, -0.05) is 53.7 Å². The van der Waals surface area contributed by atoms with E-state index in [9.17, 15) is 9.70 Å². The van der Waals surface area contributed by atoms with Gasteiger partial charge in [-0.05, 0) is 81.0 Å². The molecule has 1 unspecified atom stereocenters. The molecule has 6 heteroatoms. The number of nitroso groups, excluding NO2 is 1. The Balaban J connectivity index is 1.54. The van der Waals surface area contributed by atoms with E-state index < -0.39 is 11.6 Å². The number of carbonyl (C=O) groups is 1. The lowest BCUT2D eigenvalue weighted by molar-refractivity contribution is 0.00819. The van der Waals surface area contributed by atoms with E-state index in [1.807, 2.05) is 52.0 Å². The van der Waals surface area contributed by atoms with Gasteiger partial charge in [0.25, 0.3) is 0 Å². The summed E-state index contributed by atoms with van der Waals surface area (Å²) >= 11 is 0. The van der Waals surface area contributed by atoms with Crippen molar-refractivity contribution in [2.24, 2.45) is 5.18 Å². The number of aryl methyl sites for hydroxylation is 2. The predicted molar refractivity (Wildman–Crippen MR) is 142 cm³/mol.